The molecule has 0 spiro atoms. The SMILES string of the molecule is CN1CCN(c2nc(CCC(=O)[C@@H]3CCCN3S(=O)(=O)c3ccc(F)cc3)cc(-c3ccc(Br)cc3)n2)CC1. The molecule has 0 N–H and O–H groups in total. The molecule has 0 radical (unpaired) electrons. The monoisotopic (exact) mass is 615 g/mol. The lowest BCUT2D eigenvalue weighted by atomic mass is 10.0. The van der Waals surface area contributed by atoms with E-state index in [2.05, 4.69) is 32.8 Å². The van der Waals surface area contributed by atoms with Gasteiger partial charge in [0.25, 0.3) is 0 Å². The van der Waals surface area contributed by atoms with Gasteiger partial charge in [-0.05, 0) is 68.8 Å². The summed E-state index contributed by atoms with van der Waals surface area (Å²) < 4.78 is 42.0. The predicted molar refractivity (Wildman–Crippen MR) is 152 cm³/mol. The van der Waals surface area contributed by atoms with Crippen LogP contribution in [0.4, 0.5) is 10.3 Å². The van der Waals surface area contributed by atoms with Gasteiger partial charge in [-0.2, -0.15) is 4.31 Å². The van der Waals surface area contributed by atoms with Gasteiger partial charge in [-0.15, -0.1) is 0 Å². The highest BCUT2D eigenvalue weighted by molar-refractivity contribution is 9.10. The van der Waals surface area contributed by atoms with E-state index in [0.717, 1.165) is 59.7 Å². The Labute approximate surface area is 237 Å². The van der Waals surface area contributed by atoms with Crippen LogP contribution >= 0.6 is 15.9 Å². The van der Waals surface area contributed by atoms with Gasteiger partial charge in [0, 0.05) is 54.9 Å². The van der Waals surface area contributed by atoms with Gasteiger partial charge in [-0.1, -0.05) is 28.1 Å². The Kier molecular flexibility index (Phi) is 8.41. The lowest BCUT2D eigenvalue weighted by Gasteiger charge is -2.32. The number of sulfonamides is 1. The molecular weight excluding hydrogens is 585 g/mol. The topological polar surface area (TPSA) is 86.7 Å². The minimum Gasteiger partial charge on any atom is -0.338 e. The Morgan fingerprint density at radius 3 is 2.38 bits per heavy atom. The number of benzene rings is 2. The van der Waals surface area contributed by atoms with E-state index < -0.39 is 21.9 Å². The van der Waals surface area contributed by atoms with Gasteiger partial charge in [0.1, 0.15) is 5.82 Å². The maximum absolute atomic E-state index is 13.4. The fourth-order valence-electron chi connectivity index (χ4n) is 5.04. The van der Waals surface area contributed by atoms with Crippen molar-refractivity contribution in [3.63, 3.8) is 0 Å². The number of hydrogen-bond donors (Lipinski definition) is 0. The number of aryl methyl sites for hydroxylation is 1. The zero-order valence-electron chi connectivity index (χ0n) is 21.8. The molecule has 1 aromatic heterocycles. The third-order valence-electron chi connectivity index (χ3n) is 7.32. The number of Topliss-reactive ketones (excluding diaryl/α,β-unsaturated/α-hetero) is 1. The zero-order valence-corrected chi connectivity index (χ0v) is 24.2. The number of anilines is 1. The van der Waals surface area contributed by atoms with Gasteiger partial charge >= 0.3 is 0 Å². The number of hydrogen-bond acceptors (Lipinski definition) is 7. The highest BCUT2D eigenvalue weighted by Crippen LogP contribution is 2.29. The Morgan fingerprint density at radius 1 is 1.00 bits per heavy atom. The van der Waals surface area contributed by atoms with E-state index in [4.69, 9.17) is 9.97 Å². The maximum Gasteiger partial charge on any atom is 0.243 e. The molecule has 39 heavy (non-hydrogen) atoms. The van der Waals surface area contributed by atoms with Crippen molar-refractivity contribution in [1.29, 1.82) is 0 Å². The van der Waals surface area contributed by atoms with Crippen molar-refractivity contribution in [1.82, 2.24) is 19.2 Å². The largest absolute Gasteiger partial charge is 0.338 e. The fourth-order valence-corrected chi connectivity index (χ4v) is 6.98. The molecule has 2 aliphatic heterocycles. The number of nitrogens with zero attached hydrogens (tertiary/aromatic N) is 5. The Hall–Kier alpha value is -2.73. The van der Waals surface area contributed by atoms with Crippen LogP contribution < -0.4 is 4.90 Å². The Bertz CT molecular complexity index is 1430. The summed E-state index contributed by atoms with van der Waals surface area (Å²) in [6.07, 6.45) is 1.62. The van der Waals surface area contributed by atoms with Crippen molar-refractivity contribution in [2.45, 2.75) is 36.6 Å². The molecule has 5 rings (SSSR count). The number of ketones is 1. The summed E-state index contributed by atoms with van der Waals surface area (Å²) in [5.74, 6) is 0.00165. The molecule has 0 bridgehead atoms. The van der Waals surface area contributed by atoms with Gasteiger partial charge in [0.05, 0.1) is 16.6 Å². The molecule has 0 unspecified atom stereocenters. The molecule has 2 aliphatic rings. The van der Waals surface area contributed by atoms with Crippen LogP contribution in [0.15, 0.2) is 64.0 Å². The zero-order chi connectivity index (χ0) is 27.6. The third kappa shape index (κ3) is 6.37. The van der Waals surface area contributed by atoms with Gasteiger partial charge in [-0.3, -0.25) is 4.79 Å². The van der Waals surface area contributed by atoms with Crippen LogP contribution in [0.2, 0.25) is 0 Å². The number of carbonyl (C=O) groups excluding carboxylic acids is 1. The molecular formula is C28H31BrFN5O3S. The predicted octanol–water partition coefficient (Wildman–Crippen LogP) is 4.15. The van der Waals surface area contributed by atoms with Crippen molar-refractivity contribution in [3.8, 4) is 11.3 Å². The minimum absolute atomic E-state index is 0.00430. The van der Waals surface area contributed by atoms with E-state index in [9.17, 15) is 17.6 Å². The number of piperazine rings is 1. The summed E-state index contributed by atoms with van der Waals surface area (Å²) >= 11 is 3.48. The van der Waals surface area contributed by atoms with Crippen LogP contribution in [0.5, 0.6) is 0 Å². The maximum atomic E-state index is 13.4. The van der Waals surface area contributed by atoms with Crippen LogP contribution in [0, 0.1) is 5.82 Å². The molecule has 0 saturated carbocycles. The third-order valence-corrected chi connectivity index (χ3v) is 9.77. The second kappa shape index (κ2) is 11.8. The van der Waals surface area contributed by atoms with E-state index in [1.165, 1.54) is 16.4 Å². The van der Waals surface area contributed by atoms with E-state index in [1.807, 2.05) is 30.3 Å². The number of rotatable bonds is 8. The van der Waals surface area contributed by atoms with Crippen LogP contribution in [-0.4, -0.2) is 79.2 Å². The Balaban J connectivity index is 1.35. The van der Waals surface area contributed by atoms with Crippen molar-refractivity contribution >= 4 is 37.7 Å². The molecule has 2 saturated heterocycles. The average molecular weight is 617 g/mol. The first kappa shape index (κ1) is 27.8. The summed E-state index contributed by atoms with van der Waals surface area (Å²) in [6.45, 7) is 3.73. The lowest BCUT2D eigenvalue weighted by Crippen LogP contribution is -2.45. The summed E-state index contributed by atoms with van der Waals surface area (Å²) in [4.78, 5) is 27.4. The highest BCUT2D eigenvalue weighted by Gasteiger charge is 2.39. The normalized spacial score (nSPS) is 18.9. The molecule has 206 valence electrons. The highest BCUT2D eigenvalue weighted by atomic mass is 79.9. The molecule has 2 aromatic carbocycles. The standard InChI is InChI=1S/C28H31BrFN5O3S/c1-33-15-17-34(18-16-33)28-31-23(19-25(32-28)20-4-6-21(29)7-5-20)10-13-27(36)26-3-2-14-35(26)39(37,38)24-11-8-22(30)9-12-24/h4-9,11-12,19,26H,2-3,10,13-18H2,1H3/t26-/m0/s1. The van der Waals surface area contributed by atoms with Crippen LogP contribution in [0.3, 0.4) is 0 Å². The van der Waals surface area contributed by atoms with Crippen LogP contribution in [0.25, 0.3) is 11.3 Å². The van der Waals surface area contributed by atoms with E-state index in [1.54, 1.807) is 0 Å². The number of likely N-dealkylation sites (N-methyl/N-ethyl adjacent to an activating group) is 1. The van der Waals surface area contributed by atoms with Gasteiger partial charge in [0.15, 0.2) is 5.78 Å². The average Bonchev–Trinajstić information content (AvgIpc) is 3.44. The summed E-state index contributed by atoms with van der Waals surface area (Å²) in [5, 5.41) is 0. The smallest absolute Gasteiger partial charge is 0.243 e. The molecule has 0 aliphatic carbocycles. The molecule has 2 fully saturated rings. The number of halogens is 2. The molecule has 11 heteroatoms. The van der Waals surface area contributed by atoms with E-state index in [-0.39, 0.29) is 23.6 Å². The molecule has 8 nitrogen and oxygen atoms in total. The number of carbonyl (C=O) groups is 1. The molecule has 3 aromatic rings. The van der Waals surface area contributed by atoms with Gasteiger partial charge in [-0.25, -0.2) is 22.8 Å². The quantitative estimate of drug-likeness (QED) is 0.376. The van der Waals surface area contributed by atoms with Gasteiger partial charge in [0.2, 0.25) is 16.0 Å². The first-order valence-corrected chi connectivity index (χ1v) is 15.3. The summed E-state index contributed by atoms with van der Waals surface area (Å²) in [6, 6.07) is 13.8. The molecule has 0 amide bonds. The summed E-state index contributed by atoms with van der Waals surface area (Å²) in [5.41, 5.74) is 2.49. The molecule has 3 heterocycles. The van der Waals surface area contributed by atoms with Crippen molar-refractivity contribution < 1.29 is 17.6 Å². The van der Waals surface area contributed by atoms with Crippen molar-refractivity contribution in [2.24, 2.45) is 0 Å². The lowest BCUT2D eigenvalue weighted by molar-refractivity contribution is -0.122. The van der Waals surface area contributed by atoms with E-state index in [0.29, 0.717) is 25.2 Å². The molecule has 1 atom stereocenters. The minimum atomic E-state index is -3.90. The Morgan fingerprint density at radius 2 is 1.69 bits per heavy atom. The number of aromatic nitrogens is 2. The second-order valence-electron chi connectivity index (χ2n) is 10.0. The first-order valence-electron chi connectivity index (χ1n) is 13.1. The first-order chi connectivity index (χ1) is 18.7. The van der Waals surface area contributed by atoms with Crippen molar-refractivity contribution in [2.75, 3.05) is 44.7 Å². The van der Waals surface area contributed by atoms with E-state index >= 15 is 0 Å². The fraction of sp³-hybridized carbons (Fsp3) is 0.393. The van der Waals surface area contributed by atoms with Crippen LogP contribution in [-0.2, 0) is 21.2 Å². The van der Waals surface area contributed by atoms with Crippen molar-refractivity contribution in [3.05, 3.63) is 70.6 Å². The van der Waals surface area contributed by atoms with Gasteiger partial charge < -0.3 is 9.80 Å². The van der Waals surface area contributed by atoms with Crippen LogP contribution in [0.1, 0.15) is 25.0 Å². The summed E-state index contributed by atoms with van der Waals surface area (Å²) in [7, 11) is -1.81. The second-order valence-corrected chi connectivity index (χ2v) is 12.8.